The van der Waals surface area contributed by atoms with Crippen molar-refractivity contribution in [2.45, 2.75) is 6.54 Å². The average Bonchev–Trinajstić information content (AvgIpc) is 2.32. The SMILES string of the molecule is Fc1ccc(CNc2ccc(Br)c(Cl)c2)c(Cl)c1. The molecule has 0 bridgehead atoms. The molecule has 2 aromatic rings. The number of hydrogen-bond acceptors (Lipinski definition) is 1. The highest BCUT2D eigenvalue weighted by atomic mass is 79.9. The Hall–Kier alpha value is -0.770. The van der Waals surface area contributed by atoms with Gasteiger partial charge in [0.1, 0.15) is 5.82 Å². The maximum atomic E-state index is 12.9. The van der Waals surface area contributed by atoms with Crippen LogP contribution in [0.5, 0.6) is 0 Å². The molecule has 0 heterocycles. The van der Waals surface area contributed by atoms with Crippen LogP contribution in [0.2, 0.25) is 10.0 Å². The van der Waals surface area contributed by atoms with Gasteiger partial charge in [-0.1, -0.05) is 29.3 Å². The molecule has 0 aliphatic rings. The van der Waals surface area contributed by atoms with Gasteiger partial charge in [0.2, 0.25) is 0 Å². The Labute approximate surface area is 123 Å². The average molecular weight is 349 g/mol. The van der Waals surface area contributed by atoms with Gasteiger partial charge in [-0.3, -0.25) is 0 Å². The minimum atomic E-state index is -0.338. The molecule has 0 radical (unpaired) electrons. The number of anilines is 1. The van der Waals surface area contributed by atoms with Crippen molar-refractivity contribution < 1.29 is 4.39 Å². The minimum Gasteiger partial charge on any atom is -0.381 e. The third kappa shape index (κ3) is 3.37. The smallest absolute Gasteiger partial charge is 0.124 e. The fourth-order valence-corrected chi connectivity index (χ4v) is 2.13. The van der Waals surface area contributed by atoms with E-state index in [1.54, 1.807) is 6.07 Å². The van der Waals surface area contributed by atoms with Gasteiger partial charge in [-0.2, -0.15) is 0 Å². The zero-order chi connectivity index (χ0) is 13.1. The van der Waals surface area contributed by atoms with Crippen LogP contribution < -0.4 is 5.32 Å². The fourth-order valence-electron chi connectivity index (χ4n) is 1.47. The molecule has 2 aromatic carbocycles. The molecule has 0 atom stereocenters. The zero-order valence-electron chi connectivity index (χ0n) is 9.18. The van der Waals surface area contributed by atoms with Gasteiger partial charge in [0, 0.05) is 21.7 Å². The number of halogens is 4. The van der Waals surface area contributed by atoms with Crippen molar-refractivity contribution in [3.8, 4) is 0 Å². The second kappa shape index (κ2) is 5.91. The summed E-state index contributed by atoms with van der Waals surface area (Å²) in [5.74, 6) is -0.338. The van der Waals surface area contributed by atoms with Crippen molar-refractivity contribution in [1.29, 1.82) is 0 Å². The summed E-state index contributed by atoms with van der Waals surface area (Å²) in [6.45, 7) is 0.511. The van der Waals surface area contributed by atoms with Crippen LogP contribution in [0, 0.1) is 5.82 Å². The largest absolute Gasteiger partial charge is 0.381 e. The van der Waals surface area contributed by atoms with Crippen LogP contribution in [0.1, 0.15) is 5.56 Å². The van der Waals surface area contributed by atoms with E-state index >= 15 is 0 Å². The quantitative estimate of drug-likeness (QED) is 0.771. The molecule has 0 aliphatic heterocycles. The molecular weight excluding hydrogens is 340 g/mol. The first-order valence-corrected chi connectivity index (χ1v) is 6.74. The Morgan fingerprint density at radius 3 is 2.50 bits per heavy atom. The highest BCUT2D eigenvalue weighted by Gasteiger charge is 2.03. The maximum Gasteiger partial charge on any atom is 0.124 e. The molecule has 0 unspecified atom stereocenters. The van der Waals surface area contributed by atoms with E-state index in [0.717, 1.165) is 15.7 Å². The van der Waals surface area contributed by atoms with Crippen molar-refractivity contribution in [2.24, 2.45) is 0 Å². The van der Waals surface area contributed by atoms with Crippen molar-refractivity contribution in [1.82, 2.24) is 0 Å². The van der Waals surface area contributed by atoms with Gasteiger partial charge >= 0.3 is 0 Å². The van der Waals surface area contributed by atoms with E-state index in [1.807, 2.05) is 18.2 Å². The first-order valence-electron chi connectivity index (χ1n) is 5.19. The van der Waals surface area contributed by atoms with E-state index in [2.05, 4.69) is 21.2 Å². The standard InChI is InChI=1S/C13H9BrCl2FN/c14-11-4-3-10(6-13(11)16)18-7-8-1-2-9(17)5-12(8)15/h1-6,18H,7H2. The van der Waals surface area contributed by atoms with Gasteiger partial charge in [-0.05, 0) is 51.8 Å². The minimum absolute atomic E-state index is 0.338. The van der Waals surface area contributed by atoms with Gasteiger partial charge in [-0.15, -0.1) is 0 Å². The number of rotatable bonds is 3. The molecule has 0 fully saturated rings. The van der Waals surface area contributed by atoms with E-state index in [4.69, 9.17) is 23.2 Å². The number of hydrogen-bond donors (Lipinski definition) is 1. The molecule has 0 spiro atoms. The normalized spacial score (nSPS) is 10.4. The number of nitrogens with one attached hydrogen (secondary N) is 1. The zero-order valence-corrected chi connectivity index (χ0v) is 12.3. The Morgan fingerprint density at radius 2 is 1.83 bits per heavy atom. The van der Waals surface area contributed by atoms with Crippen LogP contribution in [0.25, 0.3) is 0 Å². The molecule has 0 aliphatic carbocycles. The molecule has 0 saturated carbocycles. The van der Waals surface area contributed by atoms with Crippen LogP contribution >= 0.6 is 39.1 Å². The topological polar surface area (TPSA) is 12.0 Å². The molecule has 18 heavy (non-hydrogen) atoms. The van der Waals surface area contributed by atoms with Crippen molar-refractivity contribution in [2.75, 3.05) is 5.32 Å². The van der Waals surface area contributed by atoms with E-state index in [1.165, 1.54) is 12.1 Å². The second-order valence-corrected chi connectivity index (χ2v) is 5.39. The van der Waals surface area contributed by atoms with Crippen molar-refractivity contribution in [3.05, 3.63) is 62.3 Å². The summed E-state index contributed by atoms with van der Waals surface area (Å²) in [5, 5.41) is 4.21. The molecule has 1 nitrogen and oxygen atoms in total. The summed E-state index contributed by atoms with van der Waals surface area (Å²) >= 11 is 15.2. The lowest BCUT2D eigenvalue weighted by atomic mass is 10.2. The summed E-state index contributed by atoms with van der Waals surface area (Å²) in [6.07, 6.45) is 0. The van der Waals surface area contributed by atoms with Crippen LogP contribution in [0.4, 0.5) is 10.1 Å². The molecule has 0 amide bonds. The molecular formula is C13H9BrCl2FN. The van der Waals surface area contributed by atoms with Crippen LogP contribution in [-0.2, 0) is 6.54 Å². The van der Waals surface area contributed by atoms with Gasteiger partial charge in [0.15, 0.2) is 0 Å². The van der Waals surface area contributed by atoms with Gasteiger partial charge in [-0.25, -0.2) is 4.39 Å². The molecule has 2 rings (SSSR count). The molecule has 5 heteroatoms. The van der Waals surface area contributed by atoms with Gasteiger partial charge < -0.3 is 5.32 Å². The third-order valence-corrected chi connectivity index (χ3v) is 4.00. The molecule has 1 N–H and O–H groups in total. The summed E-state index contributed by atoms with van der Waals surface area (Å²) < 4.78 is 13.7. The van der Waals surface area contributed by atoms with E-state index in [0.29, 0.717) is 16.6 Å². The predicted octanol–water partition coefficient (Wildman–Crippen LogP) is 5.51. The summed E-state index contributed by atoms with van der Waals surface area (Å²) in [6, 6.07) is 9.91. The summed E-state index contributed by atoms with van der Waals surface area (Å²) in [7, 11) is 0. The third-order valence-electron chi connectivity index (χ3n) is 2.42. The highest BCUT2D eigenvalue weighted by Crippen LogP contribution is 2.26. The molecule has 94 valence electrons. The van der Waals surface area contributed by atoms with Gasteiger partial charge in [0.05, 0.1) is 5.02 Å². The maximum absolute atomic E-state index is 12.9. The lowest BCUT2D eigenvalue weighted by molar-refractivity contribution is 0.627. The first-order chi connectivity index (χ1) is 8.56. The van der Waals surface area contributed by atoms with Crippen LogP contribution in [-0.4, -0.2) is 0 Å². The fraction of sp³-hybridized carbons (Fsp3) is 0.0769. The lowest BCUT2D eigenvalue weighted by Crippen LogP contribution is -2.00. The van der Waals surface area contributed by atoms with E-state index in [-0.39, 0.29) is 5.82 Å². The van der Waals surface area contributed by atoms with Crippen molar-refractivity contribution >= 4 is 44.8 Å². The Morgan fingerprint density at radius 1 is 1.06 bits per heavy atom. The summed E-state index contributed by atoms with van der Waals surface area (Å²) in [4.78, 5) is 0. The van der Waals surface area contributed by atoms with Crippen molar-refractivity contribution in [3.63, 3.8) is 0 Å². The summed E-state index contributed by atoms with van der Waals surface area (Å²) in [5.41, 5.74) is 1.71. The number of benzene rings is 2. The van der Waals surface area contributed by atoms with Crippen LogP contribution in [0.15, 0.2) is 40.9 Å². The van der Waals surface area contributed by atoms with Crippen LogP contribution in [0.3, 0.4) is 0 Å². The second-order valence-electron chi connectivity index (χ2n) is 3.72. The van der Waals surface area contributed by atoms with E-state index in [9.17, 15) is 4.39 Å². The molecule has 0 saturated heterocycles. The Balaban J connectivity index is 2.09. The van der Waals surface area contributed by atoms with Gasteiger partial charge in [0.25, 0.3) is 0 Å². The Bertz CT molecular complexity index is 575. The highest BCUT2D eigenvalue weighted by molar-refractivity contribution is 9.10. The monoisotopic (exact) mass is 347 g/mol. The Kier molecular flexibility index (Phi) is 4.49. The lowest BCUT2D eigenvalue weighted by Gasteiger charge is -2.09. The first kappa shape index (κ1) is 13.7. The molecule has 0 aromatic heterocycles. The predicted molar refractivity (Wildman–Crippen MR) is 77.9 cm³/mol. The van der Waals surface area contributed by atoms with E-state index < -0.39 is 0 Å².